The number of alkyl halides is 1. The first kappa shape index (κ1) is 17.8. The van der Waals surface area contributed by atoms with Crippen LogP contribution in [-0.2, 0) is 4.79 Å². The molecular weight excluding hydrogens is 410 g/mol. The smallest absolute Gasteiger partial charge is 0.225 e. The number of carbonyl (C=O) groups is 2. The first-order valence-electron chi connectivity index (χ1n) is 7.69. The molecule has 0 aromatic heterocycles. The number of hydrogen-bond donors (Lipinski definition) is 1. The summed E-state index contributed by atoms with van der Waals surface area (Å²) in [5.74, 6) is 0.467. The lowest BCUT2D eigenvalue weighted by Gasteiger charge is -2.21. The Morgan fingerprint density at radius 1 is 1.08 bits per heavy atom. The molecule has 0 aliphatic carbocycles. The van der Waals surface area contributed by atoms with Crippen molar-refractivity contribution in [1.82, 2.24) is 0 Å². The van der Waals surface area contributed by atoms with Gasteiger partial charge < -0.3 is 14.8 Å². The number of nitrogens with one attached hydrogen (secondary N) is 1. The number of rotatable bonds is 5. The molecule has 0 saturated heterocycles. The third-order valence-electron chi connectivity index (χ3n) is 3.64. The molecule has 25 heavy (non-hydrogen) atoms. The Balaban J connectivity index is 2.05. The van der Waals surface area contributed by atoms with E-state index in [1.165, 1.54) is 0 Å². The molecule has 5 nitrogen and oxygen atoms in total. The number of ketones is 1. The van der Waals surface area contributed by atoms with Gasteiger partial charge in [0.1, 0.15) is 13.2 Å². The zero-order valence-electron chi connectivity index (χ0n) is 13.2. The molecule has 0 spiro atoms. The predicted molar refractivity (Wildman–Crippen MR) is 99.4 cm³/mol. The molecule has 1 N–H and O–H groups in total. The van der Waals surface area contributed by atoms with Crippen LogP contribution in [0.3, 0.4) is 0 Å². The maximum Gasteiger partial charge on any atom is 0.225 e. The van der Waals surface area contributed by atoms with Gasteiger partial charge in [0.25, 0.3) is 0 Å². The average Bonchev–Trinajstić information content (AvgIpc) is 2.61. The predicted octanol–water partition coefficient (Wildman–Crippen LogP) is 4.07. The van der Waals surface area contributed by atoms with Crippen LogP contribution in [0.15, 0.2) is 36.4 Å². The second-order valence-electron chi connectivity index (χ2n) is 5.34. The summed E-state index contributed by atoms with van der Waals surface area (Å²) in [6.07, 6.45) is 0.286. The fourth-order valence-corrected chi connectivity index (χ4v) is 3.05. The number of fused-ring (bicyclic) bond motifs is 1. The monoisotopic (exact) mass is 423 g/mol. The van der Waals surface area contributed by atoms with Crippen molar-refractivity contribution < 1.29 is 19.1 Å². The first-order valence-corrected chi connectivity index (χ1v) is 9.19. The maximum absolute atomic E-state index is 13.0. The Kier molecular flexibility index (Phi) is 5.60. The maximum atomic E-state index is 13.0. The van der Waals surface area contributed by atoms with Crippen molar-refractivity contribution >= 4 is 44.9 Å². The molecule has 130 valence electrons. The number of halogens is 2. The van der Waals surface area contributed by atoms with Gasteiger partial charge >= 0.3 is 0 Å². The molecule has 1 amide bonds. The Bertz CT molecular complexity index is 825. The Morgan fingerprint density at radius 3 is 2.44 bits per heavy atom. The number of benzene rings is 2. The minimum atomic E-state index is -0.295. The highest BCUT2D eigenvalue weighted by molar-refractivity contribution is 9.09. The van der Waals surface area contributed by atoms with Crippen molar-refractivity contribution in [3.63, 3.8) is 0 Å². The van der Waals surface area contributed by atoms with E-state index in [2.05, 4.69) is 21.2 Å². The molecule has 7 heteroatoms. The SMILES string of the molecule is O=C(CCBr)Nc1cc2c(cc1C(=O)c1ccccc1Cl)OCCO2. The molecule has 1 aliphatic rings. The van der Waals surface area contributed by atoms with Gasteiger partial charge in [0, 0.05) is 23.4 Å². The molecule has 2 aromatic rings. The fraction of sp³-hybridized carbons (Fsp3) is 0.222. The zero-order valence-corrected chi connectivity index (χ0v) is 15.5. The van der Waals surface area contributed by atoms with Crippen molar-refractivity contribution in [3.8, 4) is 11.5 Å². The van der Waals surface area contributed by atoms with Gasteiger partial charge in [0.05, 0.1) is 16.3 Å². The number of carbonyl (C=O) groups excluding carboxylic acids is 2. The molecule has 0 unspecified atom stereocenters. The van der Waals surface area contributed by atoms with E-state index in [9.17, 15) is 9.59 Å². The lowest BCUT2D eigenvalue weighted by molar-refractivity contribution is -0.115. The van der Waals surface area contributed by atoms with Gasteiger partial charge in [0.15, 0.2) is 17.3 Å². The average molecular weight is 425 g/mol. The van der Waals surface area contributed by atoms with E-state index in [1.54, 1.807) is 36.4 Å². The van der Waals surface area contributed by atoms with Crippen molar-refractivity contribution in [1.29, 1.82) is 0 Å². The standard InChI is InChI=1S/C18H15BrClNO4/c19-6-5-17(22)21-14-10-16-15(24-7-8-25-16)9-12(14)18(23)11-3-1-2-4-13(11)20/h1-4,9-10H,5-8H2,(H,21,22). The minimum Gasteiger partial charge on any atom is -0.486 e. The molecule has 0 bridgehead atoms. The molecule has 0 fully saturated rings. The molecule has 3 rings (SSSR count). The van der Waals surface area contributed by atoms with Gasteiger partial charge in [-0.1, -0.05) is 39.7 Å². The molecular formula is C18H15BrClNO4. The zero-order chi connectivity index (χ0) is 17.8. The van der Waals surface area contributed by atoms with Crippen molar-refractivity contribution in [2.45, 2.75) is 6.42 Å². The normalized spacial score (nSPS) is 12.6. The highest BCUT2D eigenvalue weighted by Crippen LogP contribution is 2.37. The molecule has 2 aromatic carbocycles. The van der Waals surface area contributed by atoms with E-state index in [1.807, 2.05) is 0 Å². The van der Waals surface area contributed by atoms with Crippen LogP contribution >= 0.6 is 27.5 Å². The summed E-state index contributed by atoms with van der Waals surface area (Å²) in [6, 6.07) is 9.98. The highest BCUT2D eigenvalue weighted by Gasteiger charge is 2.23. The number of hydrogen-bond acceptors (Lipinski definition) is 4. The molecule has 0 saturated carbocycles. The third-order valence-corrected chi connectivity index (χ3v) is 4.37. The summed E-state index contributed by atoms with van der Waals surface area (Å²) in [5, 5.41) is 3.64. The van der Waals surface area contributed by atoms with Gasteiger partial charge in [-0.2, -0.15) is 0 Å². The first-order chi connectivity index (χ1) is 12.1. The summed E-state index contributed by atoms with van der Waals surface area (Å²) in [6.45, 7) is 0.821. The topological polar surface area (TPSA) is 64.6 Å². The summed E-state index contributed by atoms with van der Waals surface area (Å²) < 4.78 is 11.1. The molecule has 0 radical (unpaired) electrons. The summed E-state index contributed by atoms with van der Waals surface area (Å²) in [4.78, 5) is 25.0. The number of ether oxygens (including phenoxy) is 2. The van der Waals surface area contributed by atoms with Crippen molar-refractivity contribution in [3.05, 3.63) is 52.5 Å². The second-order valence-corrected chi connectivity index (χ2v) is 6.54. The van der Waals surface area contributed by atoms with E-state index < -0.39 is 0 Å². The quantitative estimate of drug-likeness (QED) is 0.580. The largest absolute Gasteiger partial charge is 0.486 e. The van der Waals surface area contributed by atoms with Gasteiger partial charge in [-0.05, 0) is 18.2 Å². The molecule has 1 aliphatic heterocycles. The van der Waals surface area contributed by atoms with E-state index in [0.29, 0.717) is 51.9 Å². The van der Waals surface area contributed by atoms with E-state index in [4.69, 9.17) is 21.1 Å². The minimum absolute atomic E-state index is 0.207. The second kappa shape index (κ2) is 7.89. The van der Waals surface area contributed by atoms with Gasteiger partial charge in [0.2, 0.25) is 5.91 Å². The van der Waals surface area contributed by atoms with Crippen LogP contribution in [-0.4, -0.2) is 30.2 Å². The van der Waals surface area contributed by atoms with E-state index in [-0.39, 0.29) is 18.1 Å². The van der Waals surface area contributed by atoms with Gasteiger partial charge in [-0.15, -0.1) is 0 Å². The van der Waals surface area contributed by atoms with Crippen LogP contribution in [0.2, 0.25) is 5.02 Å². The number of anilines is 1. The summed E-state index contributed by atoms with van der Waals surface area (Å²) >= 11 is 9.38. The lowest BCUT2D eigenvalue weighted by atomic mass is 10.0. The van der Waals surface area contributed by atoms with Crippen LogP contribution in [0.4, 0.5) is 5.69 Å². The van der Waals surface area contributed by atoms with Gasteiger partial charge in [-0.25, -0.2) is 0 Å². The Labute approximate surface area is 158 Å². The molecule has 1 heterocycles. The van der Waals surface area contributed by atoms with E-state index >= 15 is 0 Å². The van der Waals surface area contributed by atoms with Crippen LogP contribution < -0.4 is 14.8 Å². The Hall–Kier alpha value is -2.05. The van der Waals surface area contributed by atoms with Crippen LogP contribution in [0.1, 0.15) is 22.3 Å². The van der Waals surface area contributed by atoms with Crippen LogP contribution in [0, 0.1) is 0 Å². The summed E-state index contributed by atoms with van der Waals surface area (Å²) in [5.41, 5.74) is 1.04. The van der Waals surface area contributed by atoms with Crippen LogP contribution in [0.5, 0.6) is 11.5 Å². The fourth-order valence-electron chi connectivity index (χ4n) is 2.47. The number of amides is 1. The third kappa shape index (κ3) is 3.96. The van der Waals surface area contributed by atoms with E-state index in [0.717, 1.165) is 0 Å². The highest BCUT2D eigenvalue weighted by atomic mass is 79.9. The van der Waals surface area contributed by atoms with Crippen molar-refractivity contribution in [2.24, 2.45) is 0 Å². The lowest BCUT2D eigenvalue weighted by Crippen LogP contribution is -2.19. The van der Waals surface area contributed by atoms with Crippen LogP contribution in [0.25, 0.3) is 0 Å². The summed E-state index contributed by atoms with van der Waals surface area (Å²) in [7, 11) is 0. The molecule has 0 atom stereocenters. The van der Waals surface area contributed by atoms with Crippen molar-refractivity contribution in [2.75, 3.05) is 23.9 Å². The van der Waals surface area contributed by atoms with Gasteiger partial charge in [-0.3, -0.25) is 9.59 Å². The Morgan fingerprint density at radius 2 is 1.76 bits per heavy atom.